The summed E-state index contributed by atoms with van der Waals surface area (Å²) >= 11 is 0.689. The summed E-state index contributed by atoms with van der Waals surface area (Å²) in [5, 5.41) is 57.0. The van der Waals surface area contributed by atoms with Gasteiger partial charge in [0.1, 0.15) is 36.0 Å². The molecule has 60 heavy (non-hydrogen) atoms. The average Bonchev–Trinajstić information content (AvgIpc) is 3.38. The first kappa shape index (κ1) is 51.7. The lowest BCUT2D eigenvalue weighted by Gasteiger charge is -2.26. The standard InChI is InChI=1S/C34H51N9O16S/c1-15(44)38-17(10-24(47)48)28(54)39-16(6-5-8-37-33(35)36)27(53)40-18(11-25(49)50)29(55)41-19(12-26(51)52)30(56)42-20(32(58)59)14-60-21-13-23(46)43(31(21)57)9-7-22(45)34(2,3)4/h16-21H,5-14H2,1-4H3,(H,38,44)(H,39,54)(H,40,53)(H,41,55)(H,42,56)(H,47,48)(H,49,50)(H,51,52)(H,58,59)(H4,35,36,37)/t16-,17-,18-,19-,20-,21?/m0/s1. The number of likely N-dealkylation sites (tertiary alicyclic amines) is 1. The van der Waals surface area contributed by atoms with Gasteiger partial charge >= 0.3 is 23.9 Å². The van der Waals surface area contributed by atoms with E-state index in [4.69, 9.17) is 11.1 Å². The van der Waals surface area contributed by atoms with Gasteiger partial charge in [0.15, 0.2) is 5.96 Å². The quantitative estimate of drug-likeness (QED) is 0.0171. The van der Waals surface area contributed by atoms with E-state index in [1.165, 1.54) is 0 Å². The maximum Gasteiger partial charge on any atom is 0.327 e. The number of nitrogens with two attached hydrogens (primary N) is 1. The van der Waals surface area contributed by atoms with Gasteiger partial charge in [-0.2, -0.15) is 0 Å². The molecule has 13 N–H and O–H groups in total. The fourth-order valence-electron chi connectivity index (χ4n) is 5.28. The molecule has 1 saturated heterocycles. The second-order valence-electron chi connectivity index (χ2n) is 14.4. The minimum atomic E-state index is -2.08. The van der Waals surface area contributed by atoms with Crippen molar-refractivity contribution in [1.82, 2.24) is 36.8 Å². The zero-order valence-electron chi connectivity index (χ0n) is 33.2. The van der Waals surface area contributed by atoms with Gasteiger partial charge < -0.3 is 58.1 Å². The van der Waals surface area contributed by atoms with E-state index in [1.807, 2.05) is 10.6 Å². The Bertz CT molecular complexity index is 1700. The average molecular weight is 874 g/mol. The summed E-state index contributed by atoms with van der Waals surface area (Å²) in [4.78, 5) is 150. The monoisotopic (exact) mass is 873 g/mol. The SMILES string of the molecule is CC(=O)N[C@@H](CC(=O)O)C(=O)N[C@@H](CCCNC(=N)N)C(=O)N[C@@H](CC(=O)O)C(=O)N[C@@H](CC(=O)O)C(=O)N[C@@H](CSC1CC(=O)N(CCC(=O)C(C)(C)C)C1=O)C(=O)O. The lowest BCUT2D eigenvalue weighted by molar-refractivity contribution is -0.144. The molecule has 334 valence electrons. The number of carbonyl (C=O) groups is 12. The second kappa shape index (κ2) is 23.9. The number of thioether (sulfide) groups is 1. The molecule has 1 rings (SSSR count). The van der Waals surface area contributed by atoms with Gasteiger partial charge in [-0.1, -0.05) is 20.8 Å². The van der Waals surface area contributed by atoms with E-state index in [0.717, 1.165) is 11.8 Å². The van der Waals surface area contributed by atoms with E-state index < -0.39 is 137 Å². The zero-order valence-corrected chi connectivity index (χ0v) is 34.0. The van der Waals surface area contributed by atoms with Crippen molar-refractivity contribution in [2.45, 2.75) is 108 Å². The van der Waals surface area contributed by atoms with Crippen LogP contribution in [0.1, 0.15) is 72.6 Å². The Kier molecular flexibility index (Phi) is 20.6. The number of rotatable bonds is 26. The number of nitrogens with zero attached hydrogens (tertiary/aromatic N) is 1. The molecular formula is C34H51N9O16S. The van der Waals surface area contributed by atoms with Crippen LogP contribution in [0.25, 0.3) is 0 Å². The number of guanidine groups is 1. The van der Waals surface area contributed by atoms with E-state index in [0.29, 0.717) is 11.8 Å². The fraction of sp³-hybridized carbons (Fsp3) is 0.618. The molecule has 0 aromatic rings. The number of hydrogen-bond acceptors (Lipinski definition) is 14. The Morgan fingerprint density at radius 3 is 1.60 bits per heavy atom. The highest BCUT2D eigenvalue weighted by molar-refractivity contribution is 8.00. The van der Waals surface area contributed by atoms with Gasteiger partial charge in [-0.25, -0.2) is 4.79 Å². The van der Waals surface area contributed by atoms with E-state index >= 15 is 0 Å². The van der Waals surface area contributed by atoms with Gasteiger partial charge in [-0.15, -0.1) is 11.8 Å². The Morgan fingerprint density at radius 2 is 1.18 bits per heavy atom. The normalized spacial score (nSPS) is 16.2. The highest BCUT2D eigenvalue weighted by atomic mass is 32.2. The smallest absolute Gasteiger partial charge is 0.327 e. The molecule has 1 fully saturated rings. The first-order valence-electron chi connectivity index (χ1n) is 18.2. The predicted molar refractivity (Wildman–Crippen MR) is 206 cm³/mol. The number of carbonyl (C=O) groups excluding carboxylic acids is 8. The van der Waals surface area contributed by atoms with Crippen molar-refractivity contribution in [1.29, 1.82) is 5.41 Å². The largest absolute Gasteiger partial charge is 0.481 e. The van der Waals surface area contributed by atoms with E-state index in [2.05, 4.69) is 21.3 Å². The minimum absolute atomic E-state index is 0.0106. The van der Waals surface area contributed by atoms with E-state index in [1.54, 1.807) is 20.8 Å². The third kappa shape index (κ3) is 18.5. The van der Waals surface area contributed by atoms with Crippen LogP contribution >= 0.6 is 11.8 Å². The maximum absolute atomic E-state index is 13.4. The molecule has 0 bridgehead atoms. The van der Waals surface area contributed by atoms with Crippen LogP contribution in [-0.2, 0) is 57.5 Å². The van der Waals surface area contributed by atoms with Gasteiger partial charge in [0.2, 0.25) is 41.4 Å². The van der Waals surface area contributed by atoms with Crippen LogP contribution in [0.4, 0.5) is 0 Å². The number of carboxylic acid groups (broad SMARTS) is 4. The van der Waals surface area contributed by atoms with Crippen LogP contribution in [0.5, 0.6) is 0 Å². The number of aliphatic carboxylic acids is 4. The van der Waals surface area contributed by atoms with Gasteiger partial charge in [-0.05, 0) is 12.8 Å². The van der Waals surface area contributed by atoms with Crippen molar-refractivity contribution in [3.05, 3.63) is 0 Å². The highest BCUT2D eigenvalue weighted by Crippen LogP contribution is 2.27. The number of Topliss-reactive ketones (excluding diaryl/α,β-unsaturated/α-hetero) is 1. The molecule has 7 amide bonds. The lowest BCUT2D eigenvalue weighted by Crippen LogP contribution is -2.59. The van der Waals surface area contributed by atoms with Crippen molar-refractivity contribution in [3.8, 4) is 0 Å². The lowest BCUT2D eigenvalue weighted by atomic mass is 9.89. The third-order valence-corrected chi connectivity index (χ3v) is 9.69. The first-order chi connectivity index (χ1) is 27.7. The fourth-order valence-corrected chi connectivity index (χ4v) is 6.46. The molecule has 1 unspecified atom stereocenters. The van der Waals surface area contributed by atoms with Gasteiger partial charge in [0.25, 0.3) is 0 Å². The van der Waals surface area contributed by atoms with Crippen molar-refractivity contribution < 1.29 is 78.0 Å². The molecule has 1 aliphatic rings. The van der Waals surface area contributed by atoms with Gasteiger partial charge in [-0.3, -0.25) is 63.0 Å². The topological polar surface area (TPSA) is 411 Å². The summed E-state index contributed by atoms with van der Waals surface area (Å²) in [5.74, 6) is -15.0. The molecule has 0 radical (unpaired) electrons. The van der Waals surface area contributed by atoms with Crippen molar-refractivity contribution >= 4 is 88.7 Å². The third-order valence-electron chi connectivity index (χ3n) is 8.39. The van der Waals surface area contributed by atoms with Crippen LogP contribution < -0.4 is 37.6 Å². The van der Waals surface area contributed by atoms with E-state index in [-0.39, 0.29) is 44.6 Å². The summed E-state index contributed by atoms with van der Waals surface area (Å²) in [6, 6.07) is -9.31. The minimum Gasteiger partial charge on any atom is -0.481 e. The summed E-state index contributed by atoms with van der Waals surface area (Å²) in [6.07, 6.45) is -4.02. The summed E-state index contributed by atoms with van der Waals surface area (Å²) in [5.41, 5.74) is 4.52. The molecule has 6 atom stereocenters. The van der Waals surface area contributed by atoms with Crippen LogP contribution in [0.3, 0.4) is 0 Å². The predicted octanol–water partition coefficient (Wildman–Crippen LogP) is -3.93. The molecule has 1 aliphatic heterocycles. The Morgan fingerprint density at radius 1 is 0.750 bits per heavy atom. The molecular weight excluding hydrogens is 822 g/mol. The number of ketones is 1. The molecule has 1 heterocycles. The molecule has 26 heteroatoms. The van der Waals surface area contributed by atoms with Crippen LogP contribution in [0.15, 0.2) is 0 Å². The van der Waals surface area contributed by atoms with Gasteiger partial charge in [0.05, 0.1) is 24.5 Å². The van der Waals surface area contributed by atoms with Crippen LogP contribution in [-0.4, -0.2) is 157 Å². The van der Waals surface area contributed by atoms with E-state index in [9.17, 15) is 78.0 Å². The number of carboxylic acids is 4. The number of hydrogen-bond donors (Lipinski definition) is 12. The van der Waals surface area contributed by atoms with Crippen molar-refractivity contribution in [2.75, 3.05) is 18.8 Å². The van der Waals surface area contributed by atoms with Crippen LogP contribution in [0.2, 0.25) is 0 Å². The number of nitrogens with one attached hydrogen (secondary N) is 7. The maximum atomic E-state index is 13.4. The Balaban J connectivity index is 3.21. The number of imide groups is 1. The Labute approximate surface area is 346 Å². The zero-order chi connectivity index (χ0) is 46.1. The molecule has 0 aromatic heterocycles. The van der Waals surface area contributed by atoms with Crippen molar-refractivity contribution in [2.24, 2.45) is 11.1 Å². The molecule has 0 aromatic carbocycles. The molecule has 0 spiro atoms. The molecule has 0 saturated carbocycles. The molecule has 0 aliphatic carbocycles. The first-order valence-corrected chi connectivity index (χ1v) is 19.2. The summed E-state index contributed by atoms with van der Waals surface area (Å²) < 4.78 is 0. The molecule has 25 nitrogen and oxygen atoms in total. The number of amides is 7. The Hall–Kier alpha value is -6.34. The summed E-state index contributed by atoms with van der Waals surface area (Å²) in [7, 11) is 0. The van der Waals surface area contributed by atoms with Crippen LogP contribution in [0, 0.1) is 10.8 Å². The van der Waals surface area contributed by atoms with Gasteiger partial charge in [0, 0.05) is 44.0 Å². The van der Waals surface area contributed by atoms with Crippen molar-refractivity contribution in [3.63, 3.8) is 0 Å². The highest BCUT2D eigenvalue weighted by Gasteiger charge is 2.41. The summed E-state index contributed by atoms with van der Waals surface area (Å²) in [6.45, 7) is 5.77. The second-order valence-corrected chi connectivity index (χ2v) is 15.7.